The molecule has 2 atom stereocenters. The van der Waals surface area contributed by atoms with Gasteiger partial charge in [0.25, 0.3) is 0 Å². The predicted octanol–water partition coefficient (Wildman–Crippen LogP) is 4.90. The van der Waals surface area contributed by atoms with Crippen molar-refractivity contribution >= 4 is 27.7 Å². The number of aryl methyl sites for hydroxylation is 1. The molecule has 1 aliphatic rings. The van der Waals surface area contributed by atoms with Crippen molar-refractivity contribution in [2.75, 3.05) is 33.9 Å². The third-order valence-electron chi connectivity index (χ3n) is 7.60. The Morgan fingerprint density at radius 1 is 1.11 bits per heavy atom. The molecule has 1 saturated heterocycles. The number of fused-ring (bicyclic) bond motifs is 2. The molecule has 0 spiro atoms. The number of nitrogens with two attached hydrogens (primary N) is 1. The third-order valence-corrected chi connectivity index (χ3v) is 7.60. The number of methoxy groups -OCH3 is 2. The van der Waals surface area contributed by atoms with E-state index in [0.29, 0.717) is 26.0 Å². The van der Waals surface area contributed by atoms with Crippen molar-refractivity contribution in [2.45, 2.75) is 50.6 Å². The van der Waals surface area contributed by atoms with Gasteiger partial charge in [0.05, 0.1) is 18.1 Å². The van der Waals surface area contributed by atoms with Gasteiger partial charge in [-0.25, -0.2) is 4.98 Å². The molecule has 1 fully saturated rings. The van der Waals surface area contributed by atoms with Gasteiger partial charge in [-0.15, -0.1) is 0 Å². The monoisotopic (exact) mass is 514 g/mol. The average molecular weight is 515 g/mol. The lowest BCUT2D eigenvalue weighted by atomic mass is 9.95. The lowest BCUT2D eigenvalue weighted by molar-refractivity contribution is -0.132. The lowest BCUT2D eigenvalue weighted by Crippen LogP contribution is -2.42. The highest BCUT2D eigenvalue weighted by Gasteiger charge is 2.29. The van der Waals surface area contributed by atoms with Crippen molar-refractivity contribution in [3.63, 3.8) is 0 Å². The van der Waals surface area contributed by atoms with E-state index < -0.39 is 0 Å². The van der Waals surface area contributed by atoms with E-state index in [9.17, 15) is 4.79 Å². The molecule has 5 rings (SSSR count). The second kappa shape index (κ2) is 12.0. The highest BCUT2D eigenvalue weighted by molar-refractivity contribution is 5.83. The summed E-state index contributed by atoms with van der Waals surface area (Å²) in [6.07, 6.45) is 3.90. The topological polar surface area (TPSA) is 82.6 Å². The Morgan fingerprint density at radius 2 is 1.95 bits per heavy atom. The summed E-state index contributed by atoms with van der Waals surface area (Å²) in [5.41, 5.74) is 9.68. The van der Waals surface area contributed by atoms with Gasteiger partial charge in [-0.05, 0) is 54.2 Å². The van der Waals surface area contributed by atoms with E-state index in [4.69, 9.17) is 20.2 Å². The van der Waals surface area contributed by atoms with Gasteiger partial charge < -0.3 is 24.7 Å². The molecule has 7 heteroatoms. The number of rotatable bonds is 10. The minimum absolute atomic E-state index is 0.131. The zero-order chi connectivity index (χ0) is 26.5. The summed E-state index contributed by atoms with van der Waals surface area (Å²) in [4.78, 5) is 20.3. The fourth-order valence-corrected chi connectivity index (χ4v) is 5.67. The van der Waals surface area contributed by atoms with E-state index in [1.165, 1.54) is 16.3 Å². The Balaban J connectivity index is 1.28. The first-order valence-corrected chi connectivity index (χ1v) is 13.6. The normalized spacial score (nSPS) is 16.7. The van der Waals surface area contributed by atoms with Crippen LogP contribution in [0.1, 0.15) is 43.0 Å². The maximum atomic E-state index is 13.3. The van der Waals surface area contributed by atoms with E-state index in [2.05, 4.69) is 41.0 Å². The minimum Gasteiger partial charge on any atom is -0.497 e. The Kier molecular flexibility index (Phi) is 8.25. The molecule has 0 aliphatic carbocycles. The van der Waals surface area contributed by atoms with Crippen LogP contribution in [0.3, 0.4) is 0 Å². The van der Waals surface area contributed by atoms with Crippen molar-refractivity contribution < 1.29 is 14.3 Å². The third kappa shape index (κ3) is 5.84. The Morgan fingerprint density at radius 3 is 2.76 bits per heavy atom. The summed E-state index contributed by atoms with van der Waals surface area (Å²) in [7, 11) is 3.41. The van der Waals surface area contributed by atoms with Crippen molar-refractivity contribution in [2.24, 2.45) is 5.73 Å². The molecule has 38 heavy (non-hydrogen) atoms. The second-order valence-electron chi connectivity index (χ2n) is 10.4. The van der Waals surface area contributed by atoms with Crippen molar-refractivity contribution in [3.8, 4) is 5.75 Å². The second-order valence-corrected chi connectivity index (χ2v) is 10.4. The van der Waals surface area contributed by atoms with Gasteiger partial charge in [-0.1, -0.05) is 42.5 Å². The zero-order valence-electron chi connectivity index (χ0n) is 22.4. The van der Waals surface area contributed by atoms with E-state index in [-0.39, 0.29) is 17.9 Å². The van der Waals surface area contributed by atoms with E-state index in [1.54, 1.807) is 14.2 Å². The van der Waals surface area contributed by atoms with Crippen LogP contribution in [0, 0.1) is 0 Å². The quantitative estimate of drug-likeness (QED) is 0.304. The van der Waals surface area contributed by atoms with Crippen LogP contribution >= 0.6 is 0 Å². The van der Waals surface area contributed by atoms with Gasteiger partial charge in [0, 0.05) is 57.8 Å². The first kappa shape index (κ1) is 26.2. The molecular formula is C31H38N4O3. The van der Waals surface area contributed by atoms with Crippen LogP contribution in [0.15, 0.2) is 60.7 Å². The van der Waals surface area contributed by atoms with Crippen LogP contribution in [0.25, 0.3) is 21.8 Å². The summed E-state index contributed by atoms with van der Waals surface area (Å²) >= 11 is 0. The van der Waals surface area contributed by atoms with Crippen LogP contribution in [0.4, 0.5) is 0 Å². The number of benzene rings is 3. The molecule has 7 nitrogen and oxygen atoms in total. The lowest BCUT2D eigenvalue weighted by Gasteiger charge is -2.33. The number of hydrogen-bond donors (Lipinski definition) is 1. The highest BCUT2D eigenvalue weighted by atomic mass is 16.5. The minimum atomic E-state index is -0.213. The van der Waals surface area contributed by atoms with Gasteiger partial charge in [-0.2, -0.15) is 0 Å². The molecule has 0 radical (unpaired) electrons. The smallest absolute Gasteiger partial charge is 0.224 e. The number of imidazole rings is 1. The Hall–Kier alpha value is -3.42. The van der Waals surface area contributed by atoms with E-state index in [0.717, 1.165) is 55.0 Å². The summed E-state index contributed by atoms with van der Waals surface area (Å²) in [5, 5.41) is 2.42. The maximum absolute atomic E-state index is 13.3. The summed E-state index contributed by atoms with van der Waals surface area (Å²) < 4.78 is 13.1. The molecule has 1 aliphatic heterocycles. The van der Waals surface area contributed by atoms with Gasteiger partial charge in [0.2, 0.25) is 5.91 Å². The van der Waals surface area contributed by atoms with Crippen LogP contribution < -0.4 is 10.5 Å². The van der Waals surface area contributed by atoms with Crippen LogP contribution in [-0.4, -0.2) is 60.3 Å². The molecule has 0 saturated carbocycles. The zero-order valence-corrected chi connectivity index (χ0v) is 22.4. The number of carbonyl (C=O) groups is 1. The number of nitrogens with zero attached hydrogens (tertiary/aromatic N) is 3. The molecule has 0 unspecified atom stereocenters. The number of ether oxygens (including phenoxy) is 2. The standard InChI is InChI=1S/C31H38N4O3/c1-37-16-6-15-35-29-20-27(38-2)12-13-28(29)33-31(35)25-9-5-14-34(21-25)30(36)19-26(32)18-22-10-11-23-7-3-4-8-24(23)17-22/h3-4,7-8,10-13,17,20,25-26H,5-6,9,14-16,18-19,21,32H2,1-2H3/t25-,26-/m1/s1. The van der Waals surface area contributed by atoms with Crippen molar-refractivity contribution in [1.29, 1.82) is 0 Å². The van der Waals surface area contributed by atoms with Crippen LogP contribution in [0.5, 0.6) is 5.75 Å². The average Bonchev–Trinajstić information content (AvgIpc) is 3.30. The highest BCUT2D eigenvalue weighted by Crippen LogP contribution is 2.31. The maximum Gasteiger partial charge on any atom is 0.224 e. The summed E-state index contributed by atoms with van der Waals surface area (Å²) in [6, 6.07) is 20.5. The molecule has 3 aromatic carbocycles. The largest absolute Gasteiger partial charge is 0.497 e. The van der Waals surface area contributed by atoms with Gasteiger partial charge in [0.1, 0.15) is 11.6 Å². The van der Waals surface area contributed by atoms with Crippen molar-refractivity contribution in [3.05, 3.63) is 72.1 Å². The number of aromatic nitrogens is 2. The van der Waals surface area contributed by atoms with E-state index >= 15 is 0 Å². The molecule has 2 N–H and O–H groups in total. The Bertz CT molecular complexity index is 1400. The van der Waals surface area contributed by atoms with Crippen molar-refractivity contribution in [1.82, 2.24) is 14.5 Å². The predicted molar refractivity (Wildman–Crippen MR) is 152 cm³/mol. The SMILES string of the molecule is COCCCn1c([C@@H]2CCCN(C(=O)C[C@H](N)Cc3ccc4ccccc4c3)C2)nc2ccc(OC)cc21. The molecular weight excluding hydrogens is 476 g/mol. The number of likely N-dealkylation sites (tertiary alicyclic amines) is 1. The summed E-state index contributed by atoms with van der Waals surface area (Å²) in [6.45, 7) is 2.95. The fraction of sp³-hybridized carbons (Fsp3) is 0.419. The number of piperidine rings is 1. The first-order chi connectivity index (χ1) is 18.6. The van der Waals surface area contributed by atoms with Gasteiger partial charge in [0.15, 0.2) is 0 Å². The number of amides is 1. The van der Waals surface area contributed by atoms with Crippen LogP contribution in [-0.2, 0) is 22.5 Å². The van der Waals surface area contributed by atoms with Crippen LogP contribution in [0.2, 0.25) is 0 Å². The molecule has 1 aromatic heterocycles. The molecule has 200 valence electrons. The summed E-state index contributed by atoms with van der Waals surface area (Å²) in [5.74, 6) is 2.18. The fourth-order valence-electron chi connectivity index (χ4n) is 5.67. The number of hydrogen-bond acceptors (Lipinski definition) is 5. The van der Waals surface area contributed by atoms with E-state index in [1.807, 2.05) is 29.2 Å². The first-order valence-electron chi connectivity index (χ1n) is 13.6. The van der Waals surface area contributed by atoms with Gasteiger partial charge in [-0.3, -0.25) is 4.79 Å². The Labute approximate surface area is 224 Å². The molecule has 1 amide bonds. The van der Waals surface area contributed by atoms with Gasteiger partial charge >= 0.3 is 0 Å². The number of carbonyl (C=O) groups excluding carboxylic acids is 1. The molecule has 2 heterocycles. The molecule has 0 bridgehead atoms. The molecule has 4 aromatic rings.